The summed E-state index contributed by atoms with van der Waals surface area (Å²) < 4.78 is 2.63. The summed E-state index contributed by atoms with van der Waals surface area (Å²) in [6.45, 7) is 7.81. The zero-order valence-corrected chi connectivity index (χ0v) is 23.2. The monoisotopic (exact) mass is 569 g/mol. The van der Waals surface area contributed by atoms with Gasteiger partial charge in [0.2, 0.25) is 0 Å². The van der Waals surface area contributed by atoms with Crippen molar-refractivity contribution in [3.8, 4) is 0 Å². The lowest BCUT2D eigenvalue weighted by Gasteiger charge is -2.30. The molecule has 0 saturated carbocycles. The topological polar surface area (TPSA) is 88.0 Å². The van der Waals surface area contributed by atoms with Gasteiger partial charge in [-0.05, 0) is 74.7 Å². The molecule has 0 unspecified atom stereocenters. The van der Waals surface area contributed by atoms with Gasteiger partial charge in [0, 0.05) is 21.5 Å². The molecular weight excluding hydrogens is 542 g/mol. The Kier molecular flexibility index (Phi) is 6.91. The number of halogens is 1. The van der Waals surface area contributed by atoms with E-state index in [9.17, 15) is 9.59 Å². The second kappa shape index (κ2) is 10.3. The van der Waals surface area contributed by atoms with E-state index in [-0.39, 0.29) is 11.8 Å². The SMILES string of the molecule is CC1=C(C(=O)Nc2ccc(C)cc2C)[C@@H](c2ccc(Br)cc2)n2ncc(C(=O)Nc3cccc(C)c3)c2N1. The molecule has 7 nitrogen and oxygen atoms in total. The van der Waals surface area contributed by atoms with Gasteiger partial charge in [-0.3, -0.25) is 9.59 Å². The average molecular weight is 570 g/mol. The van der Waals surface area contributed by atoms with E-state index in [2.05, 4.69) is 37.0 Å². The van der Waals surface area contributed by atoms with Crippen molar-refractivity contribution in [3.63, 3.8) is 0 Å². The van der Waals surface area contributed by atoms with Crippen LogP contribution in [0.2, 0.25) is 0 Å². The molecule has 8 heteroatoms. The van der Waals surface area contributed by atoms with Crippen LogP contribution in [-0.4, -0.2) is 21.6 Å². The number of hydrogen-bond acceptors (Lipinski definition) is 4. The van der Waals surface area contributed by atoms with Gasteiger partial charge in [0.25, 0.3) is 11.8 Å². The van der Waals surface area contributed by atoms with Crippen molar-refractivity contribution in [2.75, 3.05) is 16.0 Å². The molecule has 5 rings (SSSR count). The van der Waals surface area contributed by atoms with E-state index >= 15 is 0 Å². The van der Waals surface area contributed by atoms with Crippen molar-refractivity contribution in [1.82, 2.24) is 9.78 Å². The Hall–Kier alpha value is -4.17. The van der Waals surface area contributed by atoms with Crippen molar-refractivity contribution in [3.05, 3.63) is 116 Å². The number of hydrogen-bond donors (Lipinski definition) is 3. The minimum Gasteiger partial charge on any atom is -0.343 e. The summed E-state index contributed by atoms with van der Waals surface area (Å²) in [4.78, 5) is 27.0. The van der Waals surface area contributed by atoms with Crippen molar-refractivity contribution >= 4 is 44.9 Å². The van der Waals surface area contributed by atoms with E-state index < -0.39 is 6.04 Å². The maximum Gasteiger partial charge on any atom is 0.261 e. The van der Waals surface area contributed by atoms with Crippen molar-refractivity contribution in [1.29, 1.82) is 0 Å². The zero-order chi connectivity index (χ0) is 27.0. The number of aromatic nitrogens is 2. The van der Waals surface area contributed by atoms with Gasteiger partial charge in [-0.15, -0.1) is 0 Å². The minimum absolute atomic E-state index is 0.234. The number of rotatable bonds is 5. The molecule has 4 aromatic rings. The third kappa shape index (κ3) is 4.99. The minimum atomic E-state index is -0.536. The number of amides is 2. The Morgan fingerprint density at radius 3 is 2.34 bits per heavy atom. The number of benzene rings is 3. The number of carbonyl (C=O) groups is 2. The first-order valence-corrected chi connectivity index (χ1v) is 13.1. The quantitative estimate of drug-likeness (QED) is 0.248. The van der Waals surface area contributed by atoms with Crippen LogP contribution < -0.4 is 16.0 Å². The molecular formula is C30H28BrN5O2. The summed E-state index contributed by atoms with van der Waals surface area (Å²) in [5, 5.41) is 13.9. The highest BCUT2D eigenvalue weighted by Crippen LogP contribution is 2.38. The maximum absolute atomic E-state index is 13.8. The molecule has 1 aliphatic heterocycles. The second-order valence-corrected chi connectivity index (χ2v) is 10.5. The predicted octanol–water partition coefficient (Wildman–Crippen LogP) is 6.75. The Balaban J connectivity index is 1.54. The third-order valence-electron chi connectivity index (χ3n) is 6.60. The fourth-order valence-electron chi connectivity index (χ4n) is 4.73. The summed E-state index contributed by atoms with van der Waals surface area (Å²) in [5.74, 6) is 0.0142. The van der Waals surface area contributed by atoms with E-state index in [1.807, 2.05) is 94.4 Å². The standard InChI is InChI=1S/C30H28BrN5O2/c1-17-6-5-7-23(15-17)34-29(37)24-16-32-36-27(21-9-11-22(31)12-10-21)26(20(4)33-28(24)36)30(38)35-25-13-8-18(2)14-19(25)3/h5-16,27,33H,1-4H3,(H,34,37)(H,35,38)/t27-/m1/s1. The lowest BCUT2D eigenvalue weighted by Crippen LogP contribution is -2.32. The summed E-state index contributed by atoms with van der Waals surface area (Å²) in [5.41, 5.74) is 7.04. The number of aryl methyl sites for hydroxylation is 3. The Labute approximate surface area is 230 Å². The summed E-state index contributed by atoms with van der Waals surface area (Å²) in [6.07, 6.45) is 1.54. The van der Waals surface area contributed by atoms with E-state index in [0.717, 1.165) is 32.4 Å². The fraction of sp³-hybridized carbons (Fsp3) is 0.167. The average Bonchev–Trinajstić information content (AvgIpc) is 3.29. The zero-order valence-electron chi connectivity index (χ0n) is 21.6. The molecule has 2 amide bonds. The van der Waals surface area contributed by atoms with Crippen molar-refractivity contribution in [2.24, 2.45) is 0 Å². The number of nitrogens with one attached hydrogen (secondary N) is 3. The Morgan fingerprint density at radius 2 is 1.63 bits per heavy atom. The van der Waals surface area contributed by atoms with Crippen LogP contribution in [0.5, 0.6) is 0 Å². The molecule has 3 aromatic carbocycles. The largest absolute Gasteiger partial charge is 0.343 e. The van der Waals surface area contributed by atoms with Crippen molar-refractivity contribution < 1.29 is 9.59 Å². The Bertz CT molecular complexity index is 1590. The van der Waals surface area contributed by atoms with E-state index in [0.29, 0.717) is 28.3 Å². The van der Waals surface area contributed by atoms with Crippen LogP contribution in [0.25, 0.3) is 0 Å². The van der Waals surface area contributed by atoms with Gasteiger partial charge in [-0.2, -0.15) is 5.10 Å². The normalized spacial score (nSPS) is 14.5. The molecule has 0 radical (unpaired) electrons. The summed E-state index contributed by atoms with van der Waals surface area (Å²) in [6, 6.07) is 20.8. The molecule has 2 heterocycles. The van der Waals surface area contributed by atoms with Gasteiger partial charge in [0.15, 0.2) is 0 Å². The first kappa shape index (κ1) is 25.5. The summed E-state index contributed by atoms with van der Waals surface area (Å²) in [7, 11) is 0. The van der Waals surface area contributed by atoms with E-state index in [1.165, 1.54) is 6.20 Å². The lowest BCUT2D eigenvalue weighted by molar-refractivity contribution is -0.113. The highest BCUT2D eigenvalue weighted by Gasteiger charge is 2.35. The Morgan fingerprint density at radius 1 is 0.895 bits per heavy atom. The predicted molar refractivity (Wildman–Crippen MR) is 155 cm³/mol. The smallest absolute Gasteiger partial charge is 0.261 e. The number of carbonyl (C=O) groups excluding carboxylic acids is 2. The maximum atomic E-state index is 13.8. The number of nitrogens with zero attached hydrogens (tertiary/aromatic N) is 2. The number of fused-ring (bicyclic) bond motifs is 1. The number of allylic oxidation sites excluding steroid dienone is 1. The van der Waals surface area contributed by atoms with Crippen LogP contribution >= 0.6 is 15.9 Å². The molecule has 0 bridgehead atoms. The molecule has 0 fully saturated rings. The lowest BCUT2D eigenvalue weighted by atomic mass is 9.94. The highest BCUT2D eigenvalue weighted by atomic mass is 79.9. The van der Waals surface area contributed by atoms with E-state index in [4.69, 9.17) is 0 Å². The van der Waals surface area contributed by atoms with Crippen LogP contribution in [-0.2, 0) is 4.79 Å². The van der Waals surface area contributed by atoms with Gasteiger partial charge in [-0.1, -0.05) is 57.9 Å². The molecule has 0 saturated heterocycles. The number of anilines is 3. The van der Waals surface area contributed by atoms with Crippen LogP contribution in [0.3, 0.4) is 0 Å². The highest BCUT2D eigenvalue weighted by molar-refractivity contribution is 9.10. The molecule has 38 heavy (non-hydrogen) atoms. The van der Waals surface area contributed by atoms with Crippen molar-refractivity contribution in [2.45, 2.75) is 33.7 Å². The molecule has 1 aliphatic rings. The molecule has 192 valence electrons. The van der Waals surface area contributed by atoms with Crippen LogP contribution in [0.4, 0.5) is 17.2 Å². The van der Waals surface area contributed by atoms with Gasteiger partial charge >= 0.3 is 0 Å². The van der Waals surface area contributed by atoms with Crippen LogP contribution in [0.15, 0.2) is 88.7 Å². The summed E-state index contributed by atoms with van der Waals surface area (Å²) >= 11 is 3.50. The third-order valence-corrected chi connectivity index (χ3v) is 7.13. The second-order valence-electron chi connectivity index (χ2n) is 9.57. The fourth-order valence-corrected chi connectivity index (χ4v) is 5.00. The van der Waals surface area contributed by atoms with Gasteiger partial charge in [0.05, 0.1) is 11.8 Å². The molecule has 3 N–H and O–H groups in total. The molecule has 0 aliphatic carbocycles. The van der Waals surface area contributed by atoms with Crippen LogP contribution in [0, 0.1) is 20.8 Å². The van der Waals surface area contributed by atoms with Gasteiger partial charge < -0.3 is 16.0 Å². The van der Waals surface area contributed by atoms with Gasteiger partial charge in [-0.25, -0.2) is 4.68 Å². The van der Waals surface area contributed by atoms with E-state index in [1.54, 1.807) is 4.68 Å². The molecule has 1 atom stereocenters. The first-order valence-electron chi connectivity index (χ1n) is 12.3. The van der Waals surface area contributed by atoms with Gasteiger partial charge in [0.1, 0.15) is 17.4 Å². The molecule has 1 aromatic heterocycles. The van der Waals surface area contributed by atoms with Crippen LogP contribution in [0.1, 0.15) is 45.6 Å². The molecule has 0 spiro atoms. The first-order chi connectivity index (χ1) is 18.2.